The predicted octanol–water partition coefficient (Wildman–Crippen LogP) is -0.00761. The van der Waals surface area contributed by atoms with E-state index in [1.54, 1.807) is 12.8 Å². The maximum Gasteiger partial charge on any atom is 0.236 e. The summed E-state index contributed by atoms with van der Waals surface area (Å²) in [6.45, 7) is 3.03. The number of nitrogens with zero attached hydrogens (tertiary/aromatic N) is 1. The van der Waals surface area contributed by atoms with Crippen molar-refractivity contribution in [3.8, 4) is 0 Å². The first kappa shape index (κ1) is 18.2. The number of carbonyl (C=O) groups excluding carboxylic acids is 1. The standard InChI is InChI=1S/C11H14N3O.Co.H2O/c1-9(15)14-13-8-11-4-2-10(3-5-11)6-7-12;;/h2-5,7-8H,6,12H2,1H3,(H,14,15);;1H2/q-1;;/b13-8+;;. The van der Waals surface area contributed by atoms with Crippen LogP contribution in [0.2, 0.25) is 0 Å². The molecule has 0 fully saturated rings. The first-order valence-electron chi connectivity index (χ1n) is 4.64. The zero-order chi connectivity index (χ0) is 11.1. The second-order valence-electron chi connectivity index (χ2n) is 3.11. The van der Waals surface area contributed by atoms with Gasteiger partial charge in [0.1, 0.15) is 0 Å². The molecule has 0 spiro atoms. The van der Waals surface area contributed by atoms with Crippen molar-refractivity contribution in [2.45, 2.75) is 13.3 Å². The van der Waals surface area contributed by atoms with Crippen LogP contribution in [0.15, 0.2) is 29.4 Å². The summed E-state index contributed by atoms with van der Waals surface area (Å²) >= 11 is 0. The Kier molecular flexibility index (Phi) is 10.7. The minimum absolute atomic E-state index is 0. The molecule has 1 rings (SSSR count). The molecule has 0 saturated heterocycles. The van der Waals surface area contributed by atoms with E-state index in [0.29, 0.717) is 0 Å². The Balaban J connectivity index is 0. The van der Waals surface area contributed by atoms with E-state index < -0.39 is 0 Å². The summed E-state index contributed by atoms with van der Waals surface area (Å²) in [5.41, 5.74) is 9.73. The van der Waals surface area contributed by atoms with E-state index in [-0.39, 0.29) is 28.2 Å². The first-order chi connectivity index (χ1) is 7.22. The zero-order valence-electron chi connectivity index (χ0n) is 9.44. The van der Waals surface area contributed by atoms with E-state index in [2.05, 4.69) is 10.5 Å². The fourth-order valence-electron chi connectivity index (χ4n) is 1.07. The summed E-state index contributed by atoms with van der Waals surface area (Å²) in [6, 6.07) is 7.78. The van der Waals surface area contributed by atoms with Crippen LogP contribution >= 0.6 is 0 Å². The van der Waals surface area contributed by atoms with Crippen molar-refractivity contribution >= 4 is 12.1 Å². The molecule has 6 heteroatoms. The summed E-state index contributed by atoms with van der Waals surface area (Å²) in [6.07, 6.45) is 2.35. The van der Waals surface area contributed by atoms with Gasteiger partial charge in [0, 0.05) is 23.7 Å². The van der Waals surface area contributed by atoms with Gasteiger partial charge in [-0.25, -0.2) is 5.43 Å². The van der Waals surface area contributed by atoms with Crippen LogP contribution in [0.1, 0.15) is 18.1 Å². The van der Waals surface area contributed by atoms with Crippen molar-refractivity contribution in [3.63, 3.8) is 0 Å². The number of rotatable bonds is 4. The fraction of sp³-hybridized carbons (Fsp3) is 0.182. The van der Waals surface area contributed by atoms with Gasteiger partial charge in [-0.2, -0.15) is 5.10 Å². The van der Waals surface area contributed by atoms with Gasteiger partial charge in [0.25, 0.3) is 0 Å². The van der Waals surface area contributed by atoms with Crippen molar-refractivity contribution in [3.05, 3.63) is 41.9 Å². The molecule has 5 nitrogen and oxygen atoms in total. The predicted molar refractivity (Wildman–Crippen MR) is 63.7 cm³/mol. The summed E-state index contributed by atoms with van der Waals surface area (Å²) in [5, 5.41) is 3.76. The van der Waals surface area contributed by atoms with Crippen molar-refractivity contribution < 1.29 is 27.0 Å². The monoisotopic (exact) mass is 281 g/mol. The van der Waals surface area contributed by atoms with Gasteiger partial charge < -0.3 is 11.2 Å². The molecular formula is C11H16CoN3O2-. The summed E-state index contributed by atoms with van der Waals surface area (Å²) in [5.74, 6) is -0.180. The van der Waals surface area contributed by atoms with Crippen molar-refractivity contribution in [2.24, 2.45) is 10.8 Å². The average molecular weight is 281 g/mol. The van der Waals surface area contributed by atoms with Gasteiger partial charge in [0.05, 0.1) is 6.21 Å². The molecule has 0 aliphatic rings. The number of benzene rings is 1. The maximum absolute atomic E-state index is 10.5. The Hall–Kier alpha value is -1.21. The molecule has 1 aromatic rings. The van der Waals surface area contributed by atoms with Crippen molar-refractivity contribution in [1.29, 1.82) is 0 Å². The van der Waals surface area contributed by atoms with Crippen LogP contribution in [0.3, 0.4) is 0 Å². The molecule has 0 unspecified atom stereocenters. The third-order valence-corrected chi connectivity index (χ3v) is 1.77. The molecule has 0 aliphatic carbocycles. The molecule has 0 atom stereocenters. The number of hydrogen-bond donors (Lipinski definition) is 2. The summed E-state index contributed by atoms with van der Waals surface area (Å²) < 4.78 is 0. The topological polar surface area (TPSA) is 99.0 Å². The number of carbonyl (C=O) groups is 1. The quantitative estimate of drug-likeness (QED) is 0.461. The van der Waals surface area contributed by atoms with Gasteiger partial charge in [-0.3, -0.25) is 11.3 Å². The second-order valence-corrected chi connectivity index (χ2v) is 3.11. The molecule has 5 N–H and O–H groups in total. The number of amides is 1. The van der Waals surface area contributed by atoms with Gasteiger partial charge in [-0.05, 0) is 5.56 Å². The molecule has 97 valence electrons. The van der Waals surface area contributed by atoms with E-state index in [9.17, 15) is 4.79 Å². The van der Waals surface area contributed by atoms with Crippen LogP contribution in [-0.4, -0.2) is 17.6 Å². The van der Waals surface area contributed by atoms with E-state index >= 15 is 0 Å². The number of hydrogen-bond acceptors (Lipinski definition) is 3. The molecule has 17 heavy (non-hydrogen) atoms. The van der Waals surface area contributed by atoms with Crippen LogP contribution < -0.4 is 11.2 Å². The van der Waals surface area contributed by atoms with E-state index in [0.717, 1.165) is 17.5 Å². The molecule has 0 heterocycles. The minimum atomic E-state index is -0.180. The Morgan fingerprint density at radius 1 is 1.47 bits per heavy atom. The molecule has 0 saturated carbocycles. The number of nitrogens with one attached hydrogen (secondary N) is 1. The Morgan fingerprint density at radius 3 is 2.53 bits per heavy atom. The normalized spacial score (nSPS) is 9.29. The third-order valence-electron chi connectivity index (χ3n) is 1.77. The molecule has 0 aliphatic heterocycles. The minimum Gasteiger partial charge on any atom is -0.483 e. The molecule has 0 bridgehead atoms. The van der Waals surface area contributed by atoms with Crippen LogP contribution in [0.4, 0.5) is 0 Å². The van der Waals surface area contributed by atoms with E-state index in [1.807, 2.05) is 24.3 Å². The van der Waals surface area contributed by atoms with Crippen LogP contribution in [0, 0.1) is 6.54 Å². The zero-order valence-corrected chi connectivity index (χ0v) is 10.5. The molecule has 1 radical (unpaired) electrons. The Labute approximate surface area is 111 Å². The number of nitrogens with two attached hydrogens (primary N) is 1. The van der Waals surface area contributed by atoms with Gasteiger partial charge in [-0.15, -0.1) is 6.42 Å². The third kappa shape index (κ3) is 7.64. The second kappa shape index (κ2) is 9.97. The number of hydrazone groups is 1. The first-order valence-corrected chi connectivity index (χ1v) is 4.64. The van der Waals surface area contributed by atoms with E-state index in [1.165, 1.54) is 6.92 Å². The van der Waals surface area contributed by atoms with Crippen LogP contribution in [-0.2, 0) is 28.0 Å². The molecular weight excluding hydrogens is 265 g/mol. The van der Waals surface area contributed by atoms with Crippen molar-refractivity contribution in [2.75, 3.05) is 0 Å². The SMILES string of the molecule is CC(=O)N/N=C/c1ccc(C[CH-]N)cc1.O.[Co]. The van der Waals surface area contributed by atoms with Gasteiger partial charge >= 0.3 is 0 Å². The van der Waals surface area contributed by atoms with E-state index in [4.69, 9.17) is 5.73 Å². The molecule has 1 amide bonds. The fourth-order valence-corrected chi connectivity index (χ4v) is 1.07. The molecule has 1 aromatic carbocycles. The summed E-state index contributed by atoms with van der Waals surface area (Å²) in [4.78, 5) is 10.5. The average Bonchev–Trinajstić information content (AvgIpc) is 2.20. The van der Waals surface area contributed by atoms with Gasteiger partial charge in [-0.1, -0.05) is 29.8 Å². The van der Waals surface area contributed by atoms with Crippen LogP contribution in [0.25, 0.3) is 0 Å². The van der Waals surface area contributed by atoms with Gasteiger partial charge in [0.2, 0.25) is 5.91 Å². The summed E-state index contributed by atoms with van der Waals surface area (Å²) in [7, 11) is 0. The van der Waals surface area contributed by atoms with Gasteiger partial charge in [0.15, 0.2) is 0 Å². The Morgan fingerprint density at radius 2 is 2.06 bits per heavy atom. The Bertz CT molecular complexity index is 352. The molecule has 0 aromatic heterocycles. The largest absolute Gasteiger partial charge is 0.483 e. The smallest absolute Gasteiger partial charge is 0.236 e. The maximum atomic E-state index is 10.5. The van der Waals surface area contributed by atoms with Crippen LogP contribution in [0.5, 0.6) is 0 Å². The van der Waals surface area contributed by atoms with Crippen molar-refractivity contribution in [1.82, 2.24) is 5.43 Å².